The lowest BCUT2D eigenvalue weighted by Gasteiger charge is -2.16. The quantitative estimate of drug-likeness (QED) is 0.667. The number of ketones is 1. The molecule has 3 heteroatoms. The minimum Gasteiger partial charge on any atom is -0.349 e. The number of Topliss-reactive ketones (excluding diaryl/α,β-unsaturated/α-hetero) is 1. The molecule has 0 aromatic heterocycles. The number of carbonyl (C=O) groups is 2. The van der Waals surface area contributed by atoms with Crippen LogP contribution in [0.15, 0.2) is 18.2 Å². The van der Waals surface area contributed by atoms with E-state index in [9.17, 15) is 9.59 Å². The average molecular weight is 259 g/mol. The Bertz CT molecular complexity index is 492. The SMILES string of the molecule is CC(C)CNC(=O)C(=O)c1ccc2c(c1)CCCC2. The summed E-state index contributed by atoms with van der Waals surface area (Å²) in [6.07, 6.45) is 4.49. The maximum atomic E-state index is 12.0. The van der Waals surface area contributed by atoms with Crippen molar-refractivity contribution < 1.29 is 9.59 Å². The highest BCUT2D eigenvalue weighted by atomic mass is 16.2. The van der Waals surface area contributed by atoms with Crippen molar-refractivity contribution in [2.24, 2.45) is 5.92 Å². The number of fused-ring (bicyclic) bond motifs is 1. The monoisotopic (exact) mass is 259 g/mol. The molecule has 2 rings (SSSR count). The van der Waals surface area contributed by atoms with Crippen LogP contribution in [0.5, 0.6) is 0 Å². The Morgan fingerprint density at radius 2 is 1.84 bits per heavy atom. The summed E-state index contributed by atoms with van der Waals surface area (Å²) in [5.74, 6) is -0.571. The van der Waals surface area contributed by atoms with Crippen molar-refractivity contribution in [1.82, 2.24) is 5.32 Å². The molecule has 0 fully saturated rings. The van der Waals surface area contributed by atoms with Crippen molar-refractivity contribution in [3.05, 3.63) is 34.9 Å². The number of amides is 1. The molecule has 1 aliphatic carbocycles. The van der Waals surface area contributed by atoms with Crippen LogP contribution in [0.3, 0.4) is 0 Å². The zero-order chi connectivity index (χ0) is 13.8. The van der Waals surface area contributed by atoms with Crippen LogP contribution in [0.25, 0.3) is 0 Å². The van der Waals surface area contributed by atoms with Gasteiger partial charge in [-0.3, -0.25) is 9.59 Å². The van der Waals surface area contributed by atoms with Crippen molar-refractivity contribution in [3.8, 4) is 0 Å². The van der Waals surface area contributed by atoms with E-state index in [0.717, 1.165) is 12.8 Å². The third kappa shape index (κ3) is 3.43. The van der Waals surface area contributed by atoms with Crippen LogP contribution in [0.4, 0.5) is 0 Å². The molecule has 1 aromatic carbocycles. The first-order chi connectivity index (χ1) is 9.08. The van der Waals surface area contributed by atoms with Gasteiger partial charge in [0, 0.05) is 12.1 Å². The summed E-state index contributed by atoms with van der Waals surface area (Å²) >= 11 is 0. The third-order valence-electron chi connectivity index (χ3n) is 3.49. The van der Waals surface area contributed by atoms with Gasteiger partial charge in [0.15, 0.2) is 0 Å². The van der Waals surface area contributed by atoms with Crippen LogP contribution in [0.2, 0.25) is 0 Å². The molecule has 0 unspecified atom stereocenters. The van der Waals surface area contributed by atoms with Crippen LogP contribution in [0.1, 0.15) is 48.2 Å². The molecule has 0 saturated heterocycles. The van der Waals surface area contributed by atoms with E-state index in [4.69, 9.17) is 0 Å². The van der Waals surface area contributed by atoms with Gasteiger partial charge in [-0.05, 0) is 48.8 Å². The van der Waals surface area contributed by atoms with Crippen LogP contribution >= 0.6 is 0 Å². The number of rotatable bonds is 4. The summed E-state index contributed by atoms with van der Waals surface area (Å²) in [5, 5.41) is 2.67. The van der Waals surface area contributed by atoms with E-state index in [1.54, 1.807) is 6.07 Å². The molecule has 0 saturated carbocycles. The first kappa shape index (κ1) is 13.8. The Morgan fingerprint density at radius 3 is 2.53 bits per heavy atom. The number of carbonyl (C=O) groups excluding carboxylic acids is 2. The van der Waals surface area contributed by atoms with E-state index >= 15 is 0 Å². The maximum Gasteiger partial charge on any atom is 0.292 e. The normalized spacial score (nSPS) is 14.1. The molecular weight excluding hydrogens is 238 g/mol. The second-order valence-electron chi connectivity index (χ2n) is 5.62. The Balaban J connectivity index is 2.08. The Labute approximate surface area is 114 Å². The van der Waals surface area contributed by atoms with Crippen LogP contribution in [0, 0.1) is 5.92 Å². The molecule has 1 amide bonds. The van der Waals surface area contributed by atoms with Crippen molar-refractivity contribution in [3.63, 3.8) is 0 Å². The fourth-order valence-corrected chi connectivity index (χ4v) is 2.38. The molecule has 3 nitrogen and oxygen atoms in total. The minimum absolute atomic E-state index is 0.347. The van der Waals surface area contributed by atoms with E-state index in [0.29, 0.717) is 18.0 Å². The highest BCUT2D eigenvalue weighted by molar-refractivity contribution is 6.42. The summed E-state index contributed by atoms with van der Waals surface area (Å²) < 4.78 is 0. The Kier molecular flexibility index (Phi) is 4.35. The lowest BCUT2D eigenvalue weighted by Crippen LogP contribution is -2.33. The summed E-state index contributed by atoms with van der Waals surface area (Å²) in [4.78, 5) is 23.8. The largest absolute Gasteiger partial charge is 0.349 e. The molecule has 1 aliphatic rings. The lowest BCUT2D eigenvalue weighted by atomic mass is 9.89. The smallest absolute Gasteiger partial charge is 0.292 e. The highest BCUT2D eigenvalue weighted by Crippen LogP contribution is 2.22. The first-order valence-corrected chi connectivity index (χ1v) is 7.02. The predicted molar refractivity (Wildman–Crippen MR) is 75.3 cm³/mol. The van der Waals surface area contributed by atoms with Crippen molar-refractivity contribution >= 4 is 11.7 Å². The van der Waals surface area contributed by atoms with Gasteiger partial charge < -0.3 is 5.32 Å². The topological polar surface area (TPSA) is 46.2 Å². The second-order valence-corrected chi connectivity index (χ2v) is 5.62. The molecule has 1 N–H and O–H groups in total. The van der Waals surface area contributed by atoms with Crippen LogP contribution < -0.4 is 5.32 Å². The standard InChI is InChI=1S/C16H21NO2/c1-11(2)10-17-16(19)15(18)14-8-7-12-5-3-4-6-13(12)9-14/h7-9,11H,3-6,10H2,1-2H3,(H,17,19). The Hall–Kier alpha value is -1.64. The van der Waals surface area contributed by atoms with E-state index in [-0.39, 0.29) is 0 Å². The van der Waals surface area contributed by atoms with Crippen LogP contribution in [-0.4, -0.2) is 18.2 Å². The van der Waals surface area contributed by atoms with Crippen LogP contribution in [-0.2, 0) is 17.6 Å². The molecule has 0 bridgehead atoms. The number of aryl methyl sites for hydroxylation is 2. The number of benzene rings is 1. The van der Waals surface area contributed by atoms with Crippen molar-refractivity contribution in [1.29, 1.82) is 0 Å². The predicted octanol–water partition coefficient (Wildman–Crippen LogP) is 2.52. The molecule has 0 spiro atoms. The summed E-state index contributed by atoms with van der Waals surface area (Å²) in [5.41, 5.74) is 3.07. The lowest BCUT2D eigenvalue weighted by molar-refractivity contribution is -0.117. The third-order valence-corrected chi connectivity index (χ3v) is 3.49. The fraction of sp³-hybridized carbons (Fsp3) is 0.500. The van der Waals surface area contributed by atoms with Gasteiger partial charge in [-0.25, -0.2) is 0 Å². The summed E-state index contributed by atoms with van der Waals surface area (Å²) in [7, 11) is 0. The van der Waals surface area contributed by atoms with E-state index in [1.807, 2.05) is 26.0 Å². The number of hydrogen-bond donors (Lipinski definition) is 1. The molecule has 19 heavy (non-hydrogen) atoms. The van der Waals surface area contributed by atoms with Gasteiger partial charge in [0.05, 0.1) is 0 Å². The average Bonchev–Trinajstić information content (AvgIpc) is 2.43. The van der Waals surface area contributed by atoms with E-state index < -0.39 is 11.7 Å². The molecule has 102 valence electrons. The van der Waals surface area contributed by atoms with Gasteiger partial charge in [-0.15, -0.1) is 0 Å². The van der Waals surface area contributed by atoms with Gasteiger partial charge >= 0.3 is 0 Å². The zero-order valence-electron chi connectivity index (χ0n) is 11.7. The van der Waals surface area contributed by atoms with Gasteiger partial charge in [0.1, 0.15) is 0 Å². The Morgan fingerprint density at radius 1 is 1.16 bits per heavy atom. The molecule has 0 atom stereocenters. The molecule has 0 radical (unpaired) electrons. The summed E-state index contributed by atoms with van der Waals surface area (Å²) in [6, 6.07) is 5.67. The van der Waals surface area contributed by atoms with Crippen molar-refractivity contribution in [2.45, 2.75) is 39.5 Å². The first-order valence-electron chi connectivity index (χ1n) is 7.02. The highest BCUT2D eigenvalue weighted by Gasteiger charge is 2.18. The van der Waals surface area contributed by atoms with E-state index in [1.165, 1.54) is 24.0 Å². The van der Waals surface area contributed by atoms with Crippen molar-refractivity contribution in [2.75, 3.05) is 6.54 Å². The van der Waals surface area contributed by atoms with E-state index in [2.05, 4.69) is 5.32 Å². The molecular formula is C16H21NO2. The fourth-order valence-electron chi connectivity index (χ4n) is 2.38. The van der Waals surface area contributed by atoms with Gasteiger partial charge in [0.25, 0.3) is 5.91 Å². The summed E-state index contributed by atoms with van der Waals surface area (Å²) in [6.45, 7) is 4.54. The minimum atomic E-state index is -0.496. The van der Waals surface area contributed by atoms with Gasteiger partial charge in [-0.2, -0.15) is 0 Å². The maximum absolute atomic E-state index is 12.0. The molecule has 1 aromatic rings. The second kappa shape index (κ2) is 6.00. The molecule has 0 heterocycles. The zero-order valence-corrected chi connectivity index (χ0v) is 11.7. The van der Waals surface area contributed by atoms with Gasteiger partial charge in [0.2, 0.25) is 5.78 Å². The van der Waals surface area contributed by atoms with Gasteiger partial charge in [-0.1, -0.05) is 26.0 Å². The number of hydrogen-bond acceptors (Lipinski definition) is 2. The molecule has 0 aliphatic heterocycles. The number of nitrogens with one attached hydrogen (secondary N) is 1.